The summed E-state index contributed by atoms with van der Waals surface area (Å²) in [6, 6.07) is 6.78. The monoisotopic (exact) mass is 232 g/mol. The van der Waals surface area contributed by atoms with Crippen LogP contribution in [0, 0.1) is 5.92 Å². The molecule has 0 heterocycles. The van der Waals surface area contributed by atoms with Crippen molar-refractivity contribution in [1.82, 2.24) is 0 Å². The Morgan fingerprint density at radius 1 is 1.18 bits per heavy atom. The van der Waals surface area contributed by atoms with Gasteiger partial charge >= 0.3 is 0 Å². The quantitative estimate of drug-likeness (QED) is 0.725. The van der Waals surface area contributed by atoms with Crippen LogP contribution in [-0.2, 0) is 24.1 Å². The molecule has 0 aliphatic rings. The summed E-state index contributed by atoms with van der Waals surface area (Å²) in [5, 5.41) is 0. The highest BCUT2D eigenvalue weighted by atomic mass is 16.1. The molecule has 1 heteroatoms. The van der Waals surface area contributed by atoms with Crippen LogP contribution in [0.1, 0.15) is 50.8 Å². The predicted molar refractivity (Wildman–Crippen MR) is 73.4 cm³/mol. The maximum Gasteiger partial charge on any atom is 0.130 e. The highest BCUT2D eigenvalue weighted by molar-refractivity contribution is 5.75. The van der Waals surface area contributed by atoms with Gasteiger partial charge in [-0.3, -0.25) is 0 Å². The fourth-order valence-corrected chi connectivity index (χ4v) is 2.37. The van der Waals surface area contributed by atoms with Gasteiger partial charge in [0.1, 0.15) is 5.78 Å². The van der Waals surface area contributed by atoms with Crippen LogP contribution in [0.2, 0.25) is 0 Å². The van der Waals surface area contributed by atoms with E-state index in [4.69, 9.17) is 0 Å². The van der Waals surface area contributed by atoms with Crippen LogP contribution in [-0.4, -0.2) is 5.78 Å². The van der Waals surface area contributed by atoms with Gasteiger partial charge in [0.05, 0.1) is 0 Å². The molecule has 0 radical (unpaired) electrons. The number of ketones is 1. The second-order valence-corrected chi connectivity index (χ2v) is 5.03. The summed E-state index contributed by atoms with van der Waals surface area (Å²) in [5.74, 6) is 0.743. The van der Waals surface area contributed by atoms with E-state index in [1.54, 1.807) is 6.92 Å². The lowest BCUT2D eigenvalue weighted by atomic mass is 9.91. The summed E-state index contributed by atoms with van der Waals surface area (Å²) in [4.78, 5) is 11.1. The average Bonchev–Trinajstić information content (AvgIpc) is 2.27. The maximum atomic E-state index is 11.1. The van der Waals surface area contributed by atoms with Gasteiger partial charge in [0.15, 0.2) is 0 Å². The first-order chi connectivity index (χ1) is 8.06. The standard InChI is InChI=1S/C16H24O/c1-5-14-7-8-15(6-2)16(11-14)10-12(3)9-13(4)17/h7-8,11-12H,5-6,9-10H2,1-4H3. The molecule has 1 nitrogen and oxygen atoms in total. The fraction of sp³-hybridized carbons (Fsp3) is 0.562. The van der Waals surface area contributed by atoms with Crippen molar-refractivity contribution >= 4 is 5.78 Å². The Labute approximate surface area is 105 Å². The number of benzene rings is 1. The van der Waals surface area contributed by atoms with E-state index < -0.39 is 0 Å². The SMILES string of the molecule is CCc1ccc(CC)c(CC(C)CC(C)=O)c1. The number of carbonyl (C=O) groups excluding carboxylic acids is 1. The molecule has 0 N–H and O–H groups in total. The molecule has 0 spiro atoms. The van der Waals surface area contributed by atoms with E-state index in [1.807, 2.05) is 0 Å². The summed E-state index contributed by atoms with van der Waals surface area (Å²) in [7, 11) is 0. The Kier molecular flexibility index (Phi) is 5.40. The van der Waals surface area contributed by atoms with E-state index in [0.29, 0.717) is 18.1 Å². The van der Waals surface area contributed by atoms with E-state index in [9.17, 15) is 4.79 Å². The average molecular weight is 232 g/mol. The third kappa shape index (κ3) is 4.33. The molecule has 0 aliphatic heterocycles. The number of rotatable bonds is 6. The largest absolute Gasteiger partial charge is 0.300 e. The van der Waals surface area contributed by atoms with Gasteiger partial charge in [-0.25, -0.2) is 0 Å². The first-order valence-electron chi connectivity index (χ1n) is 6.66. The molecular weight excluding hydrogens is 208 g/mol. The van der Waals surface area contributed by atoms with E-state index in [-0.39, 0.29) is 0 Å². The van der Waals surface area contributed by atoms with Crippen molar-refractivity contribution in [2.75, 3.05) is 0 Å². The third-order valence-corrected chi connectivity index (χ3v) is 3.26. The van der Waals surface area contributed by atoms with Gasteiger partial charge in [0.25, 0.3) is 0 Å². The van der Waals surface area contributed by atoms with E-state index in [1.165, 1.54) is 16.7 Å². The normalized spacial score (nSPS) is 12.5. The van der Waals surface area contributed by atoms with E-state index in [0.717, 1.165) is 19.3 Å². The predicted octanol–water partition coefficient (Wildman–Crippen LogP) is 3.97. The Bertz CT molecular complexity index is 379. The highest BCUT2D eigenvalue weighted by Gasteiger charge is 2.09. The molecule has 1 rings (SSSR count). The van der Waals surface area contributed by atoms with Crippen LogP contribution in [0.3, 0.4) is 0 Å². The van der Waals surface area contributed by atoms with Gasteiger partial charge < -0.3 is 4.79 Å². The lowest BCUT2D eigenvalue weighted by Gasteiger charge is -2.14. The summed E-state index contributed by atoms with van der Waals surface area (Å²) in [6.07, 6.45) is 3.88. The summed E-state index contributed by atoms with van der Waals surface area (Å²) < 4.78 is 0. The second-order valence-electron chi connectivity index (χ2n) is 5.03. The molecule has 1 aromatic rings. The zero-order valence-corrected chi connectivity index (χ0v) is 11.5. The van der Waals surface area contributed by atoms with Crippen LogP contribution in [0.4, 0.5) is 0 Å². The first-order valence-corrected chi connectivity index (χ1v) is 6.66. The van der Waals surface area contributed by atoms with Gasteiger partial charge in [-0.15, -0.1) is 0 Å². The zero-order chi connectivity index (χ0) is 12.8. The lowest BCUT2D eigenvalue weighted by molar-refractivity contribution is -0.117. The zero-order valence-electron chi connectivity index (χ0n) is 11.5. The van der Waals surface area contributed by atoms with Crippen LogP contribution in [0.15, 0.2) is 18.2 Å². The third-order valence-electron chi connectivity index (χ3n) is 3.26. The molecule has 0 aliphatic carbocycles. The number of Topliss-reactive ketones (excluding diaryl/α,β-unsaturated/α-hetero) is 1. The van der Waals surface area contributed by atoms with E-state index in [2.05, 4.69) is 39.0 Å². The van der Waals surface area contributed by atoms with Crippen LogP contribution >= 0.6 is 0 Å². The minimum atomic E-state index is 0.294. The van der Waals surface area contributed by atoms with Crippen molar-refractivity contribution in [3.8, 4) is 0 Å². The molecule has 0 bridgehead atoms. The molecular formula is C16H24O. The van der Waals surface area contributed by atoms with Gasteiger partial charge in [-0.05, 0) is 48.8 Å². The Balaban J connectivity index is 2.83. The molecule has 0 saturated heterocycles. The molecule has 17 heavy (non-hydrogen) atoms. The van der Waals surface area contributed by atoms with Gasteiger partial charge in [-0.1, -0.05) is 39.0 Å². The summed E-state index contributed by atoms with van der Waals surface area (Å²) in [6.45, 7) is 8.23. The molecule has 1 unspecified atom stereocenters. The molecule has 0 fully saturated rings. The molecule has 1 atom stereocenters. The fourth-order valence-electron chi connectivity index (χ4n) is 2.37. The number of hydrogen-bond donors (Lipinski definition) is 0. The number of aryl methyl sites for hydroxylation is 2. The van der Waals surface area contributed by atoms with Crippen molar-refractivity contribution in [1.29, 1.82) is 0 Å². The lowest BCUT2D eigenvalue weighted by Crippen LogP contribution is -2.07. The Morgan fingerprint density at radius 2 is 1.88 bits per heavy atom. The maximum absolute atomic E-state index is 11.1. The van der Waals surface area contributed by atoms with Gasteiger partial charge in [-0.2, -0.15) is 0 Å². The van der Waals surface area contributed by atoms with Crippen molar-refractivity contribution < 1.29 is 4.79 Å². The molecule has 0 aromatic heterocycles. The molecule has 1 aromatic carbocycles. The molecule has 0 saturated carbocycles. The highest BCUT2D eigenvalue weighted by Crippen LogP contribution is 2.19. The smallest absolute Gasteiger partial charge is 0.130 e. The minimum Gasteiger partial charge on any atom is -0.300 e. The molecule has 0 amide bonds. The van der Waals surface area contributed by atoms with Crippen molar-refractivity contribution in [3.05, 3.63) is 34.9 Å². The van der Waals surface area contributed by atoms with Crippen molar-refractivity contribution in [2.45, 2.75) is 53.4 Å². The van der Waals surface area contributed by atoms with Crippen LogP contribution < -0.4 is 0 Å². The topological polar surface area (TPSA) is 17.1 Å². The Hall–Kier alpha value is -1.11. The van der Waals surface area contributed by atoms with Crippen LogP contribution in [0.25, 0.3) is 0 Å². The first kappa shape index (κ1) is 14.0. The summed E-state index contributed by atoms with van der Waals surface area (Å²) in [5.41, 5.74) is 4.26. The van der Waals surface area contributed by atoms with Gasteiger partial charge in [0, 0.05) is 6.42 Å². The van der Waals surface area contributed by atoms with Crippen LogP contribution in [0.5, 0.6) is 0 Å². The summed E-state index contributed by atoms with van der Waals surface area (Å²) >= 11 is 0. The van der Waals surface area contributed by atoms with Gasteiger partial charge in [0.2, 0.25) is 0 Å². The second kappa shape index (κ2) is 6.58. The number of carbonyl (C=O) groups is 1. The Morgan fingerprint density at radius 3 is 2.41 bits per heavy atom. The molecule has 94 valence electrons. The van der Waals surface area contributed by atoms with Crippen molar-refractivity contribution in [3.63, 3.8) is 0 Å². The minimum absolute atomic E-state index is 0.294. The number of hydrogen-bond acceptors (Lipinski definition) is 1. The van der Waals surface area contributed by atoms with Crippen molar-refractivity contribution in [2.24, 2.45) is 5.92 Å². The van der Waals surface area contributed by atoms with E-state index >= 15 is 0 Å².